The molecule has 1 heterocycles. The number of carboxylic acids is 2. The van der Waals surface area contributed by atoms with E-state index in [4.69, 9.17) is 10.8 Å². The number of benzene rings is 1. The largest absolute Gasteiger partial charge is 0.481 e. The third-order valence-electron chi connectivity index (χ3n) is 5.26. The minimum Gasteiger partial charge on any atom is -0.481 e. The molecule has 4 atom stereocenters. The average molecular weight is 481 g/mol. The Labute approximate surface area is 196 Å². The van der Waals surface area contributed by atoms with Gasteiger partial charge in [0.2, 0.25) is 17.7 Å². The summed E-state index contributed by atoms with van der Waals surface area (Å²) in [7, 11) is 0. The number of carboxylic acid groups (broad SMARTS) is 2. The first kappa shape index (κ1) is 26.1. The van der Waals surface area contributed by atoms with Crippen LogP contribution in [0.2, 0.25) is 0 Å². The molecular formula is C21H28N4O7S. The lowest BCUT2D eigenvalue weighted by atomic mass is 10.0. The number of amides is 3. The van der Waals surface area contributed by atoms with Gasteiger partial charge in [0.05, 0.1) is 12.5 Å². The van der Waals surface area contributed by atoms with E-state index >= 15 is 0 Å². The molecule has 12 heteroatoms. The van der Waals surface area contributed by atoms with Crippen molar-refractivity contribution in [3.05, 3.63) is 35.9 Å². The number of thiol groups is 1. The van der Waals surface area contributed by atoms with Crippen LogP contribution in [0.15, 0.2) is 30.3 Å². The van der Waals surface area contributed by atoms with Crippen molar-refractivity contribution >= 4 is 42.3 Å². The van der Waals surface area contributed by atoms with E-state index in [-0.39, 0.29) is 18.7 Å². The molecule has 11 nitrogen and oxygen atoms in total. The van der Waals surface area contributed by atoms with Crippen LogP contribution in [-0.4, -0.2) is 81.2 Å². The molecule has 180 valence electrons. The predicted molar refractivity (Wildman–Crippen MR) is 120 cm³/mol. The summed E-state index contributed by atoms with van der Waals surface area (Å²) in [5.74, 6) is -4.58. The Morgan fingerprint density at radius 1 is 1.09 bits per heavy atom. The summed E-state index contributed by atoms with van der Waals surface area (Å²) in [5.41, 5.74) is 6.41. The molecule has 0 aromatic heterocycles. The molecular weight excluding hydrogens is 452 g/mol. The Bertz CT molecular complexity index is 883. The van der Waals surface area contributed by atoms with Gasteiger partial charge in [0, 0.05) is 18.7 Å². The molecule has 0 aliphatic carbocycles. The minimum absolute atomic E-state index is 0.0938. The summed E-state index contributed by atoms with van der Waals surface area (Å²) in [4.78, 5) is 61.8. The quantitative estimate of drug-likeness (QED) is 0.218. The van der Waals surface area contributed by atoms with E-state index in [9.17, 15) is 29.1 Å². The lowest BCUT2D eigenvalue weighted by molar-refractivity contribution is -0.144. The first-order valence-corrected chi connectivity index (χ1v) is 11.0. The van der Waals surface area contributed by atoms with E-state index in [0.29, 0.717) is 12.8 Å². The van der Waals surface area contributed by atoms with Gasteiger partial charge >= 0.3 is 11.9 Å². The van der Waals surface area contributed by atoms with Crippen LogP contribution in [0.4, 0.5) is 0 Å². The van der Waals surface area contributed by atoms with E-state index in [1.807, 2.05) is 0 Å². The number of carbonyl (C=O) groups excluding carboxylic acids is 3. The highest BCUT2D eigenvalue weighted by Crippen LogP contribution is 2.19. The Kier molecular flexibility index (Phi) is 9.67. The fraction of sp³-hybridized carbons (Fsp3) is 0.476. The van der Waals surface area contributed by atoms with Crippen LogP contribution in [0, 0.1) is 0 Å². The number of aliphatic carboxylic acids is 2. The topological polar surface area (TPSA) is 179 Å². The number of hydrogen-bond donors (Lipinski definition) is 6. The molecule has 6 N–H and O–H groups in total. The summed E-state index contributed by atoms with van der Waals surface area (Å²) in [6.45, 7) is 0.237. The summed E-state index contributed by atoms with van der Waals surface area (Å²) in [5, 5.41) is 23.1. The molecule has 0 unspecified atom stereocenters. The second-order valence-electron chi connectivity index (χ2n) is 7.73. The van der Waals surface area contributed by atoms with Crippen molar-refractivity contribution in [2.24, 2.45) is 5.73 Å². The van der Waals surface area contributed by atoms with E-state index in [1.54, 1.807) is 30.3 Å². The van der Waals surface area contributed by atoms with Crippen molar-refractivity contribution in [2.75, 3.05) is 12.3 Å². The van der Waals surface area contributed by atoms with Crippen molar-refractivity contribution in [3.8, 4) is 0 Å². The zero-order chi connectivity index (χ0) is 24.5. The lowest BCUT2D eigenvalue weighted by Gasteiger charge is -2.28. The molecule has 1 saturated heterocycles. The van der Waals surface area contributed by atoms with Crippen LogP contribution in [-0.2, 0) is 30.4 Å². The van der Waals surface area contributed by atoms with Gasteiger partial charge in [0.25, 0.3) is 0 Å². The molecule has 1 aliphatic rings. The second kappa shape index (κ2) is 12.2. The summed E-state index contributed by atoms with van der Waals surface area (Å²) in [6.07, 6.45) is 0.366. The van der Waals surface area contributed by atoms with Gasteiger partial charge in [0.1, 0.15) is 18.1 Å². The van der Waals surface area contributed by atoms with Crippen molar-refractivity contribution < 1.29 is 34.2 Å². The van der Waals surface area contributed by atoms with Crippen LogP contribution in [0.3, 0.4) is 0 Å². The van der Waals surface area contributed by atoms with E-state index < -0.39 is 60.2 Å². The van der Waals surface area contributed by atoms with Crippen LogP contribution >= 0.6 is 12.6 Å². The Balaban J connectivity index is 2.17. The highest BCUT2D eigenvalue weighted by Gasteiger charge is 2.38. The van der Waals surface area contributed by atoms with Crippen LogP contribution < -0.4 is 16.4 Å². The summed E-state index contributed by atoms with van der Waals surface area (Å²) >= 11 is 3.93. The minimum atomic E-state index is -1.29. The van der Waals surface area contributed by atoms with Gasteiger partial charge in [0.15, 0.2) is 0 Å². The van der Waals surface area contributed by atoms with Crippen molar-refractivity contribution in [3.63, 3.8) is 0 Å². The maximum Gasteiger partial charge on any atom is 0.327 e. The number of hydrogen-bond acceptors (Lipinski definition) is 7. The van der Waals surface area contributed by atoms with Crippen LogP contribution in [0.25, 0.3) is 0 Å². The number of nitrogens with two attached hydrogens (primary N) is 1. The number of likely N-dealkylation sites (tertiary alicyclic amines) is 1. The number of rotatable bonds is 11. The standard InChI is InChI=1S/C21H28N4O7S/c22-13(10-17(26)27)20(30)25-8-4-7-16(25)19(29)23-14(9-12-5-2-1-3-6-12)18(28)24-15(11-33)21(31)32/h1-3,5-6,13-16,33H,4,7-11,22H2,(H,23,29)(H,24,28)(H,26,27)(H,31,32)/t13-,14-,15+,16-/m0/s1. The van der Waals surface area contributed by atoms with Crippen LogP contribution in [0.1, 0.15) is 24.8 Å². The zero-order valence-corrected chi connectivity index (χ0v) is 18.7. The Morgan fingerprint density at radius 3 is 2.33 bits per heavy atom. The van der Waals surface area contributed by atoms with Gasteiger partial charge in [-0.2, -0.15) is 12.6 Å². The number of nitrogens with one attached hydrogen (secondary N) is 2. The highest BCUT2D eigenvalue weighted by molar-refractivity contribution is 7.80. The smallest absolute Gasteiger partial charge is 0.327 e. The van der Waals surface area contributed by atoms with E-state index in [0.717, 1.165) is 5.56 Å². The monoisotopic (exact) mass is 480 g/mol. The fourth-order valence-corrected chi connectivity index (χ4v) is 3.82. The van der Waals surface area contributed by atoms with Gasteiger partial charge < -0.3 is 31.5 Å². The number of carbonyl (C=O) groups is 5. The molecule has 0 bridgehead atoms. The van der Waals surface area contributed by atoms with Crippen LogP contribution in [0.5, 0.6) is 0 Å². The Morgan fingerprint density at radius 2 is 1.76 bits per heavy atom. The number of nitrogens with zero attached hydrogens (tertiary/aromatic N) is 1. The second-order valence-corrected chi connectivity index (χ2v) is 8.09. The van der Waals surface area contributed by atoms with E-state index in [1.165, 1.54) is 4.90 Å². The summed E-state index contributed by atoms with van der Waals surface area (Å²) in [6, 6.07) is 4.30. The molecule has 3 amide bonds. The predicted octanol–water partition coefficient (Wildman–Crippen LogP) is -0.994. The molecule has 0 radical (unpaired) electrons. The molecule has 1 aliphatic heterocycles. The van der Waals surface area contributed by atoms with Gasteiger partial charge in [-0.25, -0.2) is 4.79 Å². The molecule has 33 heavy (non-hydrogen) atoms. The normalized spacial score (nSPS) is 18.1. The van der Waals surface area contributed by atoms with Gasteiger partial charge in [-0.3, -0.25) is 19.2 Å². The van der Waals surface area contributed by atoms with E-state index in [2.05, 4.69) is 23.3 Å². The maximum atomic E-state index is 13.0. The first-order chi connectivity index (χ1) is 15.6. The Hall–Kier alpha value is -3.12. The SMILES string of the molecule is N[C@@H](CC(=O)O)C(=O)N1CCC[C@H]1C(=O)N[C@@H](Cc1ccccc1)C(=O)N[C@H](CS)C(=O)O. The highest BCUT2D eigenvalue weighted by atomic mass is 32.1. The van der Waals surface area contributed by atoms with Crippen molar-refractivity contribution in [1.82, 2.24) is 15.5 Å². The maximum absolute atomic E-state index is 13.0. The molecule has 0 saturated carbocycles. The lowest BCUT2D eigenvalue weighted by Crippen LogP contribution is -2.57. The molecule has 0 spiro atoms. The van der Waals surface area contributed by atoms with Gasteiger partial charge in [-0.1, -0.05) is 30.3 Å². The molecule has 2 rings (SSSR count). The third-order valence-corrected chi connectivity index (χ3v) is 5.63. The molecule has 1 aromatic carbocycles. The average Bonchev–Trinajstić information content (AvgIpc) is 3.26. The zero-order valence-electron chi connectivity index (χ0n) is 17.8. The third kappa shape index (κ3) is 7.46. The van der Waals surface area contributed by atoms with Gasteiger partial charge in [-0.05, 0) is 18.4 Å². The molecule has 1 fully saturated rings. The van der Waals surface area contributed by atoms with Crippen molar-refractivity contribution in [2.45, 2.75) is 49.9 Å². The van der Waals surface area contributed by atoms with Gasteiger partial charge in [-0.15, -0.1) is 0 Å². The fourth-order valence-electron chi connectivity index (χ4n) is 3.58. The van der Waals surface area contributed by atoms with Crippen molar-refractivity contribution in [1.29, 1.82) is 0 Å². The summed E-state index contributed by atoms with van der Waals surface area (Å²) < 4.78 is 0. The molecule has 1 aromatic rings. The first-order valence-electron chi connectivity index (χ1n) is 10.4.